The number of hydrogen-bond acceptors (Lipinski definition) is 3. The molecule has 0 spiro atoms. The van der Waals surface area contributed by atoms with Crippen LogP contribution in [0.2, 0.25) is 0 Å². The molecule has 20 heavy (non-hydrogen) atoms. The van der Waals surface area contributed by atoms with Gasteiger partial charge < -0.3 is 20.8 Å². The van der Waals surface area contributed by atoms with Crippen LogP contribution in [-0.4, -0.2) is 34.7 Å². The highest BCUT2D eigenvalue weighted by Crippen LogP contribution is 2.15. The van der Waals surface area contributed by atoms with E-state index in [-0.39, 0.29) is 23.4 Å². The molecule has 104 valence electrons. The van der Waals surface area contributed by atoms with E-state index in [2.05, 4.69) is 22.5 Å². The van der Waals surface area contributed by atoms with Crippen molar-refractivity contribution in [3.63, 3.8) is 0 Å². The number of rotatable bonds is 4. The second-order valence-electron chi connectivity index (χ2n) is 3.64. The van der Waals surface area contributed by atoms with Gasteiger partial charge in [0.05, 0.1) is 17.7 Å². The number of amides is 2. The maximum atomic E-state index is 11.5. The molecule has 0 aliphatic rings. The molecule has 7 heteroatoms. The summed E-state index contributed by atoms with van der Waals surface area (Å²) >= 11 is 0. The van der Waals surface area contributed by atoms with Crippen molar-refractivity contribution in [2.24, 2.45) is 0 Å². The molecule has 1 aromatic rings. The van der Waals surface area contributed by atoms with Crippen molar-refractivity contribution >= 4 is 23.7 Å². The Bertz CT molecular complexity index is 581. The highest BCUT2D eigenvalue weighted by molar-refractivity contribution is 5.98. The summed E-state index contributed by atoms with van der Waals surface area (Å²) in [7, 11) is 0. The molecule has 7 nitrogen and oxygen atoms in total. The summed E-state index contributed by atoms with van der Waals surface area (Å²) in [5, 5.41) is 22.5. The number of benzene rings is 1. The number of nitrogens with one attached hydrogen (secondary N) is 2. The average molecular weight is 276 g/mol. The van der Waals surface area contributed by atoms with Crippen LogP contribution in [0.1, 0.15) is 27.6 Å². The van der Waals surface area contributed by atoms with Crippen LogP contribution in [0.4, 0.5) is 10.5 Å². The molecule has 0 aliphatic heterocycles. The molecule has 0 aliphatic carbocycles. The minimum atomic E-state index is -1.28. The highest BCUT2D eigenvalue weighted by Gasteiger charge is 2.12. The lowest BCUT2D eigenvalue weighted by Gasteiger charge is -2.07. The van der Waals surface area contributed by atoms with Gasteiger partial charge in [-0.1, -0.05) is 5.92 Å². The minimum absolute atomic E-state index is 0.0734. The molecule has 0 atom stereocenters. The first-order valence-electron chi connectivity index (χ1n) is 5.50. The van der Waals surface area contributed by atoms with Gasteiger partial charge in [-0.25, -0.2) is 14.4 Å². The van der Waals surface area contributed by atoms with Gasteiger partial charge in [-0.2, -0.15) is 0 Å². The average Bonchev–Trinajstić information content (AvgIpc) is 2.38. The summed E-state index contributed by atoms with van der Waals surface area (Å²) in [6.45, 7) is 1.75. The maximum Gasteiger partial charge on any atom is 0.335 e. The van der Waals surface area contributed by atoms with E-state index in [1.165, 1.54) is 12.1 Å². The van der Waals surface area contributed by atoms with Crippen LogP contribution in [0.5, 0.6) is 0 Å². The molecule has 0 radical (unpaired) electrons. The topological polar surface area (TPSA) is 116 Å². The zero-order valence-electron chi connectivity index (χ0n) is 10.6. The van der Waals surface area contributed by atoms with Crippen LogP contribution in [0.15, 0.2) is 18.2 Å². The van der Waals surface area contributed by atoms with Crippen LogP contribution < -0.4 is 10.6 Å². The van der Waals surface area contributed by atoms with E-state index in [9.17, 15) is 14.4 Å². The molecule has 1 aromatic carbocycles. The lowest BCUT2D eigenvalue weighted by Crippen LogP contribution is -2.29. The summed E-state index contributed by atoms with van der Waals surface area (Å²) in [5.74, 6) is 2.63. The lowest BCUT2D eigenvalue weighted by molar-refractivity contribution is 0.0696. The zero-order chi connectivity index (χ0) is 15.1. The van der Waals surface area contributed by atoms with E-state index in [4.69, 9.17) is 10.2 Å². The largest absolute Gasteiger partial charge is 0.478 e. The first-order valence-corrected chi connectivity index (χ1v) is 5.50. The second kappa shape index (κ2) is 6.80. The van der Waals surface area contributed by atoms with Crippen molar-refractivity contribution in [2.75, 3.05) is 11.9 Å². The summed E-state index contributed by atoms with van der Waals surface area (Å²) in [5.41, 5.74) is -0.383. The molecule has 0 saturated carbocycles. The second-order valence-corrected chi connectivity index (χ2v) is 3.64. The van der Waals surface area contributed by atoms with Gasteiger partial charge in [0.15, 0.2) is 0 Å². The third-order valence-electron chi connectivity index (χ3n) is 2.20. The quantitative estimate of drug-likeness (QED) is 0.617. The maximum absolute atomic E-state index is 11.5. The van der Waals surface area contributed by atoms with Crippen molar-refractivity contribution in [3.05, 3.63) is 29.3 Å². The summed E-state index contributed by atoms with van der Waals surface area (Å²) in [6.07, 6.45) is 0. The van der Waals surface area contributed by atoms with Crippen molar-refractivity contribution in [3.8, 4) is 11.8 Å². The van der Waals surface area contributed by atoms with Gasteiger partial charge in [0.2, 0.25) is 0 Å². The number of carboxylic acids is 2. The fourth-order valence-corrected chi connectivity index (χ4v) is 1.33. The Hall–Kier alpha value is -3.01. The Labute approximate surface area is 114 Å². The van der Waals surface area contributed by atoms with Crippen molar-refractivity contribution in [2.45, 2.75) is 6.92 Å². The Kier molecular flexibility index (Phi) is 5.12. The van der Waals surface area contributed by atoms with Gasteiger partial charge >= 0.3 is 18.0 Å². The Balaban J connectivity index is 2.93. The van der Waals surface area contributed by atoms with Gasteiger partial charge in [0, 0.05) is 5.69 Å². The van der Waals surface area contributed by atoms with Crippen LogP contribution in [0, 0.1) is 11.8 Å². The monoisotopic (exact) mass is 276 g/mol. The number of anilines is 1. The van der Waals surface area contributed by atoms with Crippen LogP contribution in [0.25, 0.3) is 0 Å². The Morgan fingerprint density at radius 2 is 1.65 bits per heavy atom. The number of urea groups is 1. The molecule has 0 heterocycles. The van der Waals surface area contributed by atoms with E-state index in [0.717, 1.165) is 6.07 Å². The predicted molar refractivity (Wildman–Crippen MR) is 70.8 cm³/mol. The minimum Gasteiger partial charge on any atom is -0.478 e. The molecule has 0 saturated heterocycles. The first-order chi connectivity index (χ1) is 9.43. The zero-order valence-corrected chi connectivity index (χ0v) is 10.6. The van der Waals surface area contributed by atoms with Gasteiger partial charge in [0.1, 0.15) is 0 Å². The van der Waals surface area contributed by atoms with Crippen molar-refractivity contribution in [1.82, 2.24) is 5.32 Å². The number of carbonyl (C=O) groups is 3. The molecule has 0 bridgehead atoms. The summed E-state index contributed by atoms with van der Waals surface area (Å²) in [4.78, 5) is 33.2. The standard InChI is InChI=1S/C13H12N2O5/c1-2-3-4-14-13(20)15-10-6-8(11(16)17)5-9(7-10)12(18)19/h5-7H,4H2,1H3,(H,16,17)(H,18,19)(H2,14,15,20). The Morgan fingerprint density at radius 3 is 2.10 bits per heavy atom. The molecule has 0 fully saturated rings. The SMILES string of the molecule is CC#CCNC(=O)Nc1cc(C(=O)O)cc(C(=O)O)c1. The number of carboxylic acid groups (broad SMARTS) is 2. The molecular weight excluding hydrogens is 264 g/mol. The van der Waals surface area contributed by atoms with Crippen LogP contribution in [0.3, 0.4) is 0 Å². The van der Waals surface area contributed by atoms with Gasteiger partial charge in [-0.15, -0.1) is 5.92 Å². The van der Waals surface area contributed by atoms with Crippen molar-refractivity contribution < 1.29 is 24.6 Å². The van der Waals surface area contributed by atoms with E-state index < -0.39 is 18.0 Å². The molecule has 2 amide bonds. The molecule has 1 rings (SSSR count). The van der Waals surface area contributed by atoms with Gasteiger partial charge in [0.25, 0.3) is 0 Å². The van der Waals surface area contributed by atoms with Gasteiger partial charge in [-0.3, -0.25) is 0 Å². The van der Waals surface area contributed by atoms with E-state index in [0.29, 0.717) is 0 Å². The highest BCUT2D eigenvalue weighted by atomic mass is 16.4. The van der Waals surface area contributed by atoms with Gasteiger partial charge in [-0.05, 0) is 25.1 Å². The predicted octanol–water partition coefficient (Wildman–Crippen LogP) is 1.23. The van der Waals surface area contributed by atoms with E-state index in [1.54, 1.807) is 6.92 Å². The third kappa shape index (κ3) is 4.34. The fourth-order valence-electron chi connectivity index (χ4n) is 1.33. The molecule has 4 N–H and O–H groups in total. The van der Waals surface area contributed by atoms with Crippen LogP contribution >= 0.6 is 0 Å². The Morgan fingerprint density at radius 1 is 1.10 bits per heavy atom. The number of carbonyl (C=O) groups excluding carboxylic acids is 1. The fraction of sp³-hybridized carbons (Fsp3) is 0.154. The summed E-state index contributed by atoms with van der Waals surface area (Å²) in [6, 6.07) is 2.74. The number of hydrogen-bond donors (Lipinski definition) is 4. The van der Waals surface area contributed by atoms with Crippen LogP contribution in [-0.2, 0) is 0 Å². The molecule has 0 unspecified atom stereocenters. The number of aromatic carboxylic acids is 2. The third-order valence-corrected chi connectivity index (χ3v) is 2.20. The van der Waals surface area contributed by atoms with E-state index >= 15 is 0 Å². The first kappa shape index (κ1) is 15.0. The van der Waals surface area contributed by atoms with E-state index in [1.807, 2.05) is 0 Å². The lowest BCUT2D eigenvalue weighted by atomic mass is 10.1. The molecule has 0 aromatic heterocycles. The smallest absolute Gasteiger partial charge is 0.335 e. The van der Waals surface area contributed by atoms with Crippen molar-refractivity contribution in [1.29, 1.82) is 0 Å². The summed E-state index contributed by atoms with van der Waals surface area (Å²) < 4.78 is 0. The molecular formula is C13H12N2O5. The normalized spacial score (nSPS) is 9.05.